The largest absolute Gasteiger partial charge is 0.480 e. The summed E-state index contributed by atoms with van der Waals surface area (Å²) in [6.45, 7) is 2.24. The number of carbonyl (C=O) groups is 2. The zero-order chi connectivity index (χ0) is 23.8. The smallest absolute Gasteiger partial charge is 0.328 e. The molecule has 0 bridgehead atoms. The van der Waals surface area contributed by atoms with Crippen LogP contribution in [-0.4, -0.2) is 67.3 Å². The lowest BCUT2D eigenvalue weighted by Crippen LogP contribution is -2.43. The first-order valence-electron chi connectivity index (χ1n) is 10.4. The van der Waals surface area contributed by atoms with E-state index in [-0.39, 0.29) is 11.6 Å². The molecule has 1 saturated carbocycles. The first kappa shape index (κ1) is 23.2. The normalized spacial score (nSPS) is 18.2. The molecule has 1 saturated heterocycles. The molecule has 1 aliphatic heterocycles. The van der Waals surface area contributed by atoms with Crippen molar-refractivity contribution in [2.75, 3.05) is 30.8 Å². The summed E-state index contributed by atoms with van der Waals surface area (Å²) >= 11 is 1.23. The molecule has 2 aromatic heterocycles. The quantitative estimate of drug-likeness (QED) is 0.559. The first-order valence-corrected chi connectivity index (χ1v) is 12.8. The fraction of sp³-hybridized carbons (Fsp3) is 0.500. The zero-order valence-corrected chi connectivity index (χ0v) is 20.1. The van der Waals surface area contributed by atoms with Gasteiger partial charge in [0.25, 0.3) is 0 Å². The van der Waals surface area contributed by atoms with E-state index in [2.05, 4.69) is 20.0 Å². The number of methoxy groups -OCH3 is 2. The molecule has 1 atom stereocenters. The van der Waals surface area contributed by atoms with Crippen molar-refractivity contribution in [2.45, 2.75) is 43.9 Å². The van der Waals surface area contributed by atoms with E-state index in [0.29, 0.717) is 48.6 Å². The molecule has 0 aromatic carbocycles. The van der Waals surface area contributed by atoms with E-state index in [1.165, 1.54) is 30.5 Å². The van der Waals surface area contributed by atoms with Gasteiger partial charge in [-0.15, -0.1) is 0 Å². The molecule has 2 aromatic rings. The number of anilines is 2. The lowest BCUT2D eigenvalue weighted by molar-refractivity contribution is -0.144. The van der Waals surface area contributed by atoms with Crippen LogP contribution in [0.1, 0.15) is 31.4 Å². The highest BCUT2D eigenvalue weighted by molar-refractivity contribution is 7.93. The van der Waals surface area contributed by atoms with Gasteiger partial charge in [-0.25, -0.2) is 28.0 Å². The Bertz CT molecular complexity index is 1180. The van der Waals surface area contributed by atoms with E-state index >= 15 is 0 Å². The fourth-order valence-electron chi connectivity index (χ4n) is 3.70. The Kier molecular flexibility index (Phi) is 6.43. The number of ether oxygens (including phenoxy) is 2. The lowest BCUT2D eigenvalue weighted by atomic mass is 10.2. The van der Waals surface area contributed by atoms with Crippen LogP contribution in [0.25, 0.3) is 10.4 Å². The standard InChI is InChI=1S/C20H25N5O6S2/c1-11-16(12-9-14(17(30-2)21-10-12)24-33(28,29)13-6-7-13)32-19(22-11)23-20(27)25-8-4-5-15(25)18(26)31-3/h9-10,13,15,24H,4-8H2,1-3H3,(H,22,23,27)/t15-/m0/s1. The average Bonchev–Trinajstić information content (AvgIpc) is 3.43. The molecule has 178 valence electrons. The SMILES string of the molecule is COC(=O)[C@@H]1CCCN1C(=O)Nc1nc(C)c(-c2cnc(OC)c(NS(=O)(=O)C3CC3)c2)s1. The maximum absolute atomic E-state index is 12.7. The van der Waals surface area contributed by atoms with Gasteiger partial charge in [-0.1, -0.05) is 11.3 Å². The Morgan fingerprint density at radius 2 is 2.00 bits per heavy atom. The summed E-state index contributed by atoms with van der Waals surface area (Å²) < 4.78 is 37.4. The molecule has 13 heteroatoms. The molecule has 1 aliphatic carbocycles. The molecule has 0 unspecified atom stereocenters. The Morgan fingerprint density at radius 3 is 2.67 bits per heavy atom. The van der Waals surface area contributed by atoms with E-state index < -0.39 is 33.3 Å². The van der Waals surface area contributed by atoms with Crippen LogP contribution in [0.3, 0.4) is 0 Å². The minimum atomic E-state index is -3.50. The number of sulfonamides is 1. The molecule has 0 radical (unpaired) electrons. The van der Waals surface area contributed by atoms with Crippen molar-refractivity contribution in [2.24, 2.45) is 0 Å². The van der Waals surface area contributed by atoms with Crippen LogP contribution in [0.4, 0.5) is 15.6 Å². The van der Waals surface area contributed by atoms with E-state index in [1.54, 1.807) is 19.2 Å². The van der Waals surface area contributed by atoms with Crippen molar-refractivity contribution in [3.63, 3.8) is 0 Å². The van der Waals surface area contributed by atoms with Crippen molar-refractivity contribution in [1.82, 2.24) is 14.9 Å². The summed E-state index contributed by atoms with van der Waals surface area (Å²) in [6.07, 6.45) is 4.10. The van der Waals surface area contributed by atoms with E-state index in [9.17, 15) is 18.0 Å². The number of thiazole rings is 1. The number of amides is 2. The summed E-state index contributed by atoms with van der Waals surface area (Å²) in [5.41, 5.74) is 1.52. The van der Waals surface area contributed by atoms with Gasteiger partial charge in [0.05, 0.1) is 30.0 Å². The number of hydrogen-bond donors (Lipinski definition) is 2. The number of carbonyl (C=O) groups excluding carboxylic acids is 2. The van der Waals surface area contributed by atoms with Crippen molar-refractivity contribution < 1.29 is 27.5 Å². The summed E-state index contributed by atoms with van der Waals surface area (Å²) in [7, 11) is -0.779. The number of rotatable bonds is 7. The molecule has 2 fully saturated rings. The number of esters is 1. The molecule has 2 aliphatic rings. The second-order valence-corrected chi connectivity index (χ2v) is 10.8. The van der Waals surface area contributed by atoms with Crippen LogP contribution in [0.5, 0.6) is 5.88 Å². The molecule has 2 amide bonds. The van der Waals surface area contributed by atoms with Gasteiger partial charge in [-0.3, -0.25) is 10.0 Å². The zero-order valence-electron chi connectivity index (χ0n) is 18.5. The topological polar surface area (TPSA) is 140 Å². The van der Waals surface area contributed by atoms with Gasteiger partial charge in [-0.2, -0.15) is 0 Å². The molecule has 2 N–H and O–H groups in total. The second kappa shape index (κ2) is 9.14. The number of aryl methyl sites for hydroxylation is 1. The molecule has 4 rings (SSSR count). The van der Waals surface area contributed by atoms with Gasteiger partial charge >= 0.3 is 12.0 Å². The van der Waals surface area contributed by atoms with Gasteiger partial charge in [0.1, 0.15) is 11.7 Å². The fourth-order valence-corrected chi connectivity index (χ4v) is 6.01. The van der Waals surface area contributed by atoms with Gasteiger partial charge in [0.15, 0.2) is 5.13 Å². The van der Waals surface area contributed by atoms with Gasteiger partial charge in [-0.05, 0) is 38.7 Å². The van der Waals surface area contributed by atoms with Crippen LogP contribution in [0, 0.1) is 6.92 Å². The molecular weight excluding hydrogens is 470 g/mol. The average molecular weight is 496 g/mol. The van der Waals surface area contributed by atoms with Gasteiger partial charge in [0, 0.05) is 18.3 Å². The second-order valence-electron chi connectivity index (χ2n) is 7.87. The number of pyridine rings is 1. The maximum atomic E-state index is 12.7. The molecule has 33 heavy (non-hydrogen) atoms. The number of urea groups is 1. The Hall–Kier alpha value is -2.93. The highest BCUT2D eigenvalue weighted by atomic mass is 32.2. The Morgan fingerprint density at radius 1 is 1.24 bits per heavy atom. The van der Waals surface area contributed by atoms with Crippen LogP contribution in [-0.2, 0) is 19.6 Å². The molecular formula is C20H25N5O6S2. The van der Waals surface area contributed by atoms with E-state index in [0.717, 1.165) is 4.88 Å². The highest BCUT2D eigenvalue weighted by Crippen LogP contribution is 2.37. The number of nitrogens with zero attached hydrogens (tertiary/aromatic N) is 3. The predicted molar refractivity (Wildman–Crippen MR) is 123 cm³/mol. The number of aromatic nitrogens is 2. The summed E-state index contributed by atoms with van der Waals surface area (Å²) in [6, 6.07) is 0.614. The van der Waals surface area contributed by atoms with Crippen LogP contribution in [0.2, 0.25) is 0 Å². The third kappa shape index (κ3) is 4.88. The molecule has 11 nitrogen and oxygen atoms in total. The van der Waals surface area contributed by atoms with Crippen molar-refractivity contribution >= 4 is 44.2 Å². The first-order chi connectivity index (χ1) is 15.7. The van der Waals surface area contributed by atoms with Crippen molar-refractivity contribution in [1.29, 1.82) is 0 Å². The van der Waals surface area contributed by atoms with Crippen molar-refractivity contribution in [3.05, 3.63) is 18.0 Å². The monoisotopic (exact) mass is 495 g/mol. The number of likely N-dealkylation sites (tertiary alicyclic amines) is 1. The van der Waals surface area contributed by atoms with Crippen LogP contribution < -0.4 is 14.8 Å². The third-order valence-electron chi connectivity index (χ3n) is 5.52. The minimum Gasteiger partial charge on any atom is -0.480 e. The van der Waals surface area contributed by atoms with Gasteiger partial charge in [0.2, 0.25) is 15.9 Å². The summed E-state index contributed by atoms with van der Waals surface area (Å²) in [5, 5.41) is 2.72. The number of hydrogen-bond acceptors (Lipinski definition) is 9. The van der Waals surface area contributed by atoms with Crippen molar-refractivity contribution in [3.8, 4) is 16.3 Å². The predicted octanol–water partition coefficient (Wildman–Crippen LogP) is 2.60. The summed E-state index contributed by atoms with van der Waals surface area (Å²) in [5.74, 6) is -0.273. The van der Waals surface area contributed by atoms with E-state index in [4.69, 9.17) is 9.47 Å². The van der Waals surface area contributed by atoms with E-state index in [1.807, 2.05) is 0 Å². The Balaban J connectivity index is 1.55. The third-order valence-corrected chi connectivity index (χ3v) is 8.49. The highest BCUT2D eigenvalue weighted by Gasteiger charge is 2.37. The Labute approximate surface area is 195 Å². The van der Waals surface area contributed by atoms with Gasteiger partial charge < -0.3 is 14.4 Å². The molecule has 3 heterocycles. The molecule has 0 spiro atoms. The minimum absolute atomic E-state index is 0.168. The van der Waals surface area contributed by atoms with Crippen LogP contribution in [0.15, 0.2) is 12.3 Å². The van der Waals surface area contributed by atoms with Crippen LogP contribution >= 0.6 is 11.3 Å². The summed E-state index contributed by atoms with van der Waals surface area (Å²) in [4.78, 5) is 35.5. The maximum Gasteiger partial charge on any atom is 0.328 e. The lowest BCUT2D eigenvalue weighted by Gasteiger charge is -2.22. The number of nitrogens with one attached hydrogen (secondary N) is 2.